The summed E-state index contributed by atoms with van der Waals surface area (Å²) in [4.78, 5) is 36.0. The third-order valence-corrected chi connectivity index (χ3v) is 7.13. The van der Waals surface area contributed by atoms with Crippen LogP contribution in [-0.2, 0) is 10.2 Å². The number of amides is 2. The molecule has 0 radical (unpaired) electrons. The molecule has 0 saturated carbocycles. The summed E-state index contributed by atoms with van der Waals surface area (Å²) in [5, 5.41) is 11.0. The predicted octanol–water partition coefficient (Wildman–Crippen LogP) is 5.46. The molecule has 1 aliphatic heterocycles. The van der Waals surface area contributed by atoms with Crippen molar-refractivity contribution in [1.29, 1.82) is 0 Å². The quantitative estimate of drug-likeness (QED) is 0.417. The van der Waals surface area contributed by atoms with Crippen LogP contribution in [0.4, 0.5) is 28.8 Å². The first kappa shape index (κ1) is 24.0. The number of aromatic nitrogens is 2. The van der Waals surface area contributed by atoms with Crippen LogP contribution in [0.2, 0.25) is 5.02 Å². The molecule has 0 spiro atoms. The van der Waals surface area contributed by atoms with E-state index in [1.54, 1.807) is 7.05 Å². The number of halogens is 1. The van der Waals surface area contributed by atoms with Crippen LogP contribution in [0.25, 0.3) is 0 Å². The molecule has 0 bridgehead atoms. The summed E-state index contributed by atoms with van der Waals surface area (Å²) >= 11 is 7.71. The van der Waals surface area contributed by atoms with Gasteiger partial charge in [0.15, 0.2) is 5.82 Å². The maximum atomic E-state index is 12.3. The van der Waals surface area contributed by atoms with Gasteiger partial charge >= 0.3 is 0 Å². The molecular formula is C24H27ClN6O2S. The highest BCUT2D eigenvalue weighted by molar-refractivity contribution is 7.12. The lowest BCUT2D eigenvalue weighted by Crippen LogP contribution is -2.21. The number of hydrogen-bond acceptors (Lipinski definition) is 7. The summed E-state index contributed by atoms with van der Waals surface area (Å²) in [5.41, 5.74) is 3.28. The van der Waals surface area contributed by atoms with Crippen molar-refractivity contribution in [3.05, 3.63) is 51.3 Å². The fourth-order valence-corrected chi connectivity index (χ4v) is 4.94. The Kier molecular flexibility index (Phi) is 6.77. The average molecular weight is 499 g/mol. The lowest BCUT2D eigenvalue weighted by molar-refractivity contribution is -0.116. The van der Waals surface area contributed by atoms with Crippen molar-refractivity contribution >= 4 is 63.6 Å². The molecule has 1 aliphatic rings. The first-order chi connectivity index (χ1) is 16.2. The zero-order valence-corrected chi connectivity index (χ0v) is 21.1. The lowest BCUT2D eigenvalue weighted by Gasteiger charge is -2.27. The van der Waals surface area contributed by atoms with Crippen LogP contribution in [0.3, 0.4) is 0 Å². The molecule has 0 unspecified atom stereocenters. The number of rotatable bonds is 6. The Balaban J connectivity index is 1.69. The van der Waals surface area contributed by atoms with Gasteiger partial charge in [-0.3, -0.25) is 9.59 Å². The van der Waals surface area contributed by atoms with Gasteiger partial charge in [0, 0.05) is 31.4 Å². The molecule has 0 atom stereocenters. The molecule has 3 N–H and O–H groups in total. The summed E-state index contributed by atoms with van der Waals surface area (Å²) in [7, 11) is 1.59. The van der Waals surface area contributed by atoms with Gasteiger partial charge in [-0.25, -0.2) is 4.98 Å². The number of nitrogens with one attached hydrogen (secondary N) is 3. The second-order valence-corrected chi connectivity index (χ2v) is 9.96. The van der Waals surface area contributed by atoms with Gasteiger partial charge in [-0.15, -0.1) is 11.3 Å². The van der Waals surface area contributed by atoms with Gasteiger partial charge in [0.25, 0.3) is 5.91 Å². The number of carbonyl (C=O) groups excluding carboxylic acids is 2. The highest BCUT2D eigenvalue weighted by Gasteiger charge is 2.29. The van der Waals surface area contributed by atoms with Crippen LogP contribution < -0.4 is 20.9 Å². The largest absolute Gasteiger partial charge is 0.354 e. The van der Waals surface area contributed by atoms with Crippen molar-refractivity contribution < 1.29 is 9.59 Å². The highest BCUT2D eigenvalue weighted by atomic mass is 35.5. The fourth-order valence-electron chi connectivity index (χ4n) is 4.01. The second kappa shape index (κ2) is 9.60. The third kappa shape index (κ3) is 4.71. The minimum absolute atomic E-state index is 0.0175. The van der Waals surface area contributed by atoms with Crippen LogP contribution in [0.15, 0.2) is 35.8 Å². The SMILES string of the molecule is CCN(c1ccc2c(c1)NC(=O)CCC2(C)C)c1ncc(Cl)c(Nc2ccsc2C(=O)NC)n1. The van der Waals surface area contributed by atoms with Crippen molar-refractivity contribution in [2.24, 2.45) is 0 Å². The second-order valence-electron chi connectivity index (χ2n) is 8.64. The number of thiophene rings is 1. The zero-order chi connectivity index (χ0) is 24.5. The Hall–Kier alpha value is -3.17. The van der Waals surface area contributed by atoms with E-state index in [0.717, 1.165) is 23.4 Å². The van der Waals surface area contributed by atoms with E-state index in [-0.39, 0.29) is 17.2 Å². The molecule has 0 saturated heterocycles. The van der Waals surface area contributed by atoms with Crippen molar-refractivity contribution in [2.75, 3.05) is 29.1 Å². The van der Waals surface area contributed by atoms with Gasteiger partial charge in [0.2, 0.25) is 11.9 Å². The predicted molar refractivity (Wildman–Crippen MR) is 138 cm³/mol. The fraction of sp³-hybridized carbons (Fsp3) is 0.333. The molecule has 34 heavy (non-hydrogen) atoms. The molecular weight excluding hydrogens is 472 g/mol. The smallest absolute Gasteiger partial charge is 0.263 e. The van der Waals surface area contributed by atoms with Crippen molar-refractivity contribution in [2.45, 2.75) is 39.0 Å². The van der Waals surface area contributed by atoms with E-state index in [4.69, 9.17) is 11.6 Å². The molecule has 2 amide bonds. The van der Waals surface area contributed by atoms with Crippen LogP contribution in [0.1, 0.15) is 48.8 Å². The Morgan fingerprint density at radius 2 is 2.12 bits per heavy atom. The standard InChI is InChI=1S/C24H27ClN6O2S/c1-5-31(14-6-7-15-18(12-14)28-19(32)8-10-24(15,2)3)23-27-13-16(25)21(30-23)29-17-9-11-34-20(17)22(33)26-4/h6-7,9,11-13H,5,8,10H2,1-4H3,(H,26,33)(H,28,32)(H,27,29,30). The van der Waals surface area contributed by atoms with Crippen LogP contribution in [0, 0.1) is 0 Å². The van der Waals surface area contributed by atoms with E-state index in [1.807, 2.05) is 35.4 Å². The van der Waals surface area contributed by atoms with E-state index in [9.17, 15) is 9.59 Å². The molecule has 0 aliphatic carbocycles. The van der Waals surface area contributed by atoms with Gasteiger partial charge in [-0.2, -0.15) is 4.98 Å². The van der Waals surface area contributed by atoms with E-state index in [0.29, 0.717) is 40.3 Å². The monoisotopic (exact) mass is 498 g/mol. The van der Waals surface area contributed by atoms with Gasteiger partial charge in [-0.05, 0) is 47.9 Å². The number of carbonyl (C=O) groups is 2. The Labute approximate surface area is 207 Å². The van der Waals surface area contributed by atoms with E-state index >= 15 is 0 Å². The van der Waals surface area contributed by atoms with Crippen molar-refractivity contribution in [3.63, 3.8) is 0 Å². The first-order valence-electron chi connectivity index (χ1n) is 11.0. The van der Waals surface area contributed by atoms with Gasteiger partial charge in [0.05, 0.1) is 11.9 Å². The first-order valence-corrected chi connectivity index (χ1v) is 12.3. The van der Waals surface area contributed by atoms with Gasteiger partial charge < -0.3 is 20.9 Å². The molecule has 178 valence electrons. The average Bonchev–Trinajstić information content (AvgIpc) is 3.23. The Morgan fingerprint density at radius 1 is 1.32 bits per heavy atom. The Bertz CT molecular complexity index is 1240. The summed E-state index contributed by atoms with van der Waals surface area (Å²) < 4.78 is 0. The van der Waals surface area contributed by atoms with Gasteiger partial charge in [-0.1, -0.05) is 31.5 Å². The molecule has 10 heteroatoms. The van der Waals surface area contributed by atoms with E-state index in [2.05, 4.69) is 45.8 Å². The zero-order valence-electron chi connectivity index (χ0n) is 19.5. The molecule has 2 aromatic heterocycles. The highest BCUT2D eigenvalue weighted by Crippen LogP contribution is 2.39. The maximum absolute atomic E-state index is 12.3. The minimum Gasteiger partial charge on any atom is -0.354 e. The van der Waals surface area contributed by atoms with Gasteiger partial charge in [0.1, 0.15) is 9.90 Å². The molecule has 3 aromatic rings. The summed E-state index contributed by atoms with van der Waals surface area (Å²) in [6.45, 7) is 6.91. The number of hydrogen-bond donors (Lipinski definition) is 3. The van der Waals surface area contributed by atoms with E-state index in [1.165, 1.54) is 17.5 Å². The third-order valence-electron chi connectivity index (χ3n) is 5.94. The number of nitrogens with zero attached hydrogens (tertiary/aromatic N) is 3. The van der Waals surface area contributed by atoms with Crippen LogP contribution in [0.5, 0.6) is 0 Å². The summed E-state index contributed by atoms with van der Waals surface area (Å²) in [5.74, 6) is 0.681. The van der Waals surface area contributed by atoms with Crippen LogP contribution in [-0.4, -0.2) is 35.4 Å². The van der Waals surface area contributed by atoms with Crippen molar-refractivity contribution in [3.8, 4) is 0 Å². The molecule has 1 aromatic carbocycles. The minimum atomic E-state index is -0.187. The van der Waals surface area contributed by atoms with Crippen LogP contribution >= 0.6 is 22.9 Å². The summed E-state index contributed by atoms with van der Waals surface area (Å²) in [6.07, 6.45) is 2.82. The summed E-state index contributed by atoms with van der Waals surface area (Å²) in [6, 6.07) is 7.86. The molecule has 3 heterocycles. The number of fused-ring (bicyclic) bond motifs is 1. The number of benzene rings is 1. The lowest BCUT2D eigenvalue weighted by atomic mass is 9.80. The number of anilines is 5. The van der Waals surface area contributed by atoms with Crippen molar-refractivity contribution in [1.82, 2.24) is 15.3 Å². The molecule has 4 rings (SSSR count). The Morgan fingerprint density at radius 3 is 2.85 bits per heavy atom. The molecule has 8 nitrogen and oxygen atoms in total. The topological polar surface area (TPSA) is 99.3 Å². The normalized spacial score (nSPS) is 14.6. The maximum Gasteiger partial charge on any atom is 0.263 e. The molecule has 0 fully saturated rings. The van der Waals surface area contributed by atoms with E-state index < -0.39 is 0 Å².